The maximum atomic E-state index is 6.70. The number of rotatable bonds is 7. The molecule has 3 heteroatoms. The molecule has 296 valence electrons. The molecule has 0 saturated carbocycles. The predicted molar refractivity (Wildman–Crippen MR) is 260 cm³/mol. The Balaban J connectivity index is 0.942. The number of hydrogen-bond acceptors (Lipinski definition) is 3. The molecule has 2 heterocycles. The minimum atomic E-state index is -0.292. The van der Waals surface area contributed by atoms with Gasteiger partial charge < -0.3 is 9.73 Å². The molecule has 1 aliphatic heterocycles. The van der Waals surface area contributed by atoms with Crippen LogP contribution in [0.5, 0.6) is 0 Å². The van der Waals surface area contributed by atoms with Gasteiger partial charge in [0.05, 0.1) is 0 Å². The molecule has 0 bridgehead atoms. The molecule has 0 amide bonds. The fourth-order valence-electron chi connectivity index (χ4n) is 9.09. The summed E-state index contributed by atoms with van der Waals surface area (Å²) in [5, 5.41) is 8.63. The van der Waals surface area contributed by atoms with Gasteiger partial charge in [0.25, 0.3) is 0 Å². The van der Waals surface area contributed by atoms with Crippen molar-refractivity contribution in [3.63, 3.8) is 0 Å². The molecule has 62 heavy (non-hydrogen) atoms. The van der Waals surface area contributed by atoms with Crippen LogP contribution in [0.2, 0.25) is 0 Å². The number of aliphatic imine (C=N–C) groups is 1. The lowest BCUT2D eigenvalue weighted by Gasteiger charge is -2.26. The van der Waals surface area contributed by atoms with Crippen LogP contribution in [0.15, 0.2) is 227 Å². The second-order valence-electron chi connectivity index (χ2n) is 16.3. The van der Waals surface area contributed by atoms with Gasteiger partial charge >= 0.3 is 0 Å². The largest absolute Gasteiger partial charge is 0.455 e. The molecule has 3 nitrogen and oxygen atoms in total. The van der Waals surface area contributed by atoms with Crippen LogP contribution in [-0.2, 0) is 0 Å². The summed E-state index contributed by atoms with van der Waals surface area (Å²) in [6.07, 6.45) is 1.48. The quantitative estimate of drug-likeness (QED) is 0.174. The number of benzene rings is 9. The number of nitrogens with zero attached hydrogens (tertiary/aromatic N) is 1. The van der Waals surface area contributed by atoms with Gasteiger partial charge in [-0.3, -0.25) is 4.99 Å². The zero-order chi connectivity index (χ0) is 41.4. The van der Waals surface area contributed by atoms with E-state index < -0.39 is 0 Å². The first kappa shape index (κ1) is 37.3. The molecular formula is C59H44N2O. The number of nitrogens with one attached hydrogen (secondary N) is 1. The summed E-state index contributed by atoms with van der Waals surface area (Å²) in [6, 6.07) is 76.0. The highest BCUT2D eigenvalue weighted by molar-refractivity contribution is 6.16. The third-order valence-corrected chi connectivity index (χ3v) is 12.5. The first-order valence-corrected chi connectivity index (χ1v) is 21.5. The molecule has 0 aliphatic carbocycles. The van der Waals surface area contributed by atoms with Gasteiger partial charge in [0, 0.05) is 27.7 Å². The van der Waals surface area contributed by atoms with Crippen molar-refractivity contribution < 1.29 is 4.42 Å². The van der Waals surface area contributed by atoms with E-state index in [0.717, 1.165) is 85.1 Å². The van der Waals surface area contributed by atoms with Crippen molar-refractivity contribution in [2.45, 2.75) is 25.9 Å². The Morgan fingerprint density at radius 1 is 0.452 bits per heavy atom. The smallest absolute Gasteiger partial charge is 0.145 e. The van der Waals surface area contributed by atoms with Crippen molar-refractivity contribution in [3.8, 4) is 44.5 Å². The average Bonchev–Trinajstić information content (AvgIpc) is 3.73. The van der Waals surface area contributed by atoms with Crippen LogP contribution in [0.4, 0.5) is 0 Å². The Kier molecular flexibility index (Phi) is 9.63. The lowest BCUT2D eigenvalue weighted by Crippen LogP contribution is -2.23. The summed E-state index contributed by atoms with van der Waals surface area (Å²) >= 11 is 0. The van der Waals surface area contributed by atoms with E-state index in [1.807, 2.05) is 6.07 Å². The van der Waals surface area contributed by atoms with Crippen LogP contribution in [0.25, 0.3) is 82.9 Å². The topological polar surface area (TPSA) is 37.5 Å². The van der Waals surface area contributed by atoms with Crippen LogP contribution in [-0.4, -0.2) is 5.71 Å². The molecule has 1 N–H and O–H groups in total. The Morgan fingerprint density at radius 3 is 1.71 bits per heavy atom. The van der Waals surface area contributed by atoms with Gasteiger partial charge in [-0.25, -0.2) is 0 Å². The van der Waals surface area contributed by atoms with Gasteiger partial charge in [-0.05, 0) is 110 Å². The third kappa shape index (κ3) is 7.08. The zero-order valence-corrected chi connectivity index (χ0v) is 34.6. The number of hydrogen-bond donors (Lipinski definition) is 1. The van der Waals surface area contributed by atoms with Gasteiger partial charge in [0.15, 0.2) is 0 Å². The fourth-order valence-corrected chi connectivity index (χ4v) is 9.09. The molecule has 11 rings (SSSR count). The summed E-state index contributed by atoms with van der Waals surface area (Å²) in [7, 11) is 0. The van der Waals surface area contributed by atoms with Gasteiger partial charge in [0.1, 0.15) is 17.3 Å². The van der Waals surface area contributed by atoms with Crippen LogP contribution in [0.1, 0.15) is 42.6 Å². The second kappa shape index (κ2) is 16.0. The minimum absolute atomic E-state index is 0.292. The third-order valence-electron chi connectivity index (χ3n) is 12.5. The molecule has 1 unspecified atom stereocenters. The number of fused-ring (bicyclic) bond motifs is 4. The maximum absolute atomic E-state index is 6.70. The fraction of sp³-hybridized carbons (Fsp3) is 0.0678. The molecule has 9 aromatic carbocycles. The van der Waals surface area contributed by atoms with Crippen LogP contribution < -0.4 is 5.32 Å². The molecule has 1 aliphatic rings. The van der Waals surface area contributed by atoms with E-state index in [2.05, 4.69) is 218 Å². The van der Waals surface area contributed by atoms with E-state index in [0.29, 0.717) is 0 Å². The van der Waals surface area contributed by atoms with E-state index >= 15 is 0 Å². The summed E-state index contributed by atoms with van der Waals surface area (Å²) in [5.74, 6) is 0. The highest BCUT2D eigenvalue weighted by Gasteiger charge is 2.22. The first-order chi connectivity index (χ1) is 30.6. The monoisotopic (exact) mass is 796 g/mol. The normalized spacial score (nSPS) is 16.4. The predicted octanol–water partition coefficient (Wildman–Crippen LogP) is 15.7. The molecule has 0 saturated heterocycles. The molecule has 0 radical (unpaired) electrons. The molecule has 0 fully saturated rings. The Bertz CT molecular complexity index is 3290. The molecule has 10 aromatic rings. The molecular weight excluding hydrogens is 753 g/mol. The Morgan fingerprint density at radius 2 is 1.00 bits per heavy atom. The number of allylic oxidation sites excluding steroid dienone is 1. The highest BCUT2D eigenvalue weighted by atomic mass is 16.3. The minimum Gasteiger partial charge on any atom is -0.455 e. The van der Waals surface area contributed by atoms with Crippen molar-refractivity contribution >= 4 is 44.1 Å². The van der Waals surface area contributed by atoms with E-state index in [1.54, 1.807) is 0 Å². The van der Waals surface area contributed by atoms with Crippen molar-refractivity contribution in [2.24, 2.45) is 4.99 Å². The van der Waals surface area contributed by atoms with Gasteiger partial charge in [0.2, 0.25) is 0 Å². The average molecular weight is 797 g/mol. The summed E-state index contributed by atoms with van der Waals surface area (Å²) in [6.45, 7) is 2.26. The van der Waals surface area contributed by atoms with E-state index in [4.69, 9.17) is 9.41 Å². The van der Waals surface area contributed by atoms with Crippen LogP contribution in [0.3, 0.4) is 0 Å². The molecule has 1 aromatic heterocycles. The highest BCUT2D eigenvalue weighted by Crippen LogP contribution is 2.43. The maximum Gasteiger partial charge on any atom is 0.145 e. The summed E-state index contributed by atoms with van der Waals surface area (Å²) < 4.78 is 6.70. The summed E-state index contributed by atoms with van der Waals surface area (Å²) in [5.41, 5.74) is 18.1. The number of furan rings is 1. The zero-order valence-electron chi connectivity index (χ0n) is 34.6. The second-order valence-corrected chi connectivity index (χ2v) is 16.3. The standard InChI is InChI=1S/C59H44N2O/c1-39-20-37-54(46-15-6-3-7-16-46)60-59(61-57(39)47-30-25-44(26-31-47)43-23-21-42(22-24-43)40-12-4-2-5-13-40)48-32-28-45(29-33-48)51-35-36-52(50-34-27-41-14-8-9-17-49(41)38-50)58-56(51)53-18-10-11-19-55(53)62-58/h2-19,21-36,38,59,61H,20,37H2,1H3/b57-39+,60-54+. The Labute approximate surface area is 362 Å². The lowest BCUT2D eigenvalue weighted by atomic mass is 9.93. The van der Waals surface area contributed by atoms with E-state index in [9.17, 15) is 0 Å². The van der Waals surface area contributed by atoms with Crippen molar-refractivity contribution in [2.75, 3.05) is 0 Å². The van der Waals surface area contributed by atoms with Crippen LogP contribution >= 0.6 is 0 Å². The van der Waals surface area contributed by atoms with E-state index in [-0.39, 0.29) is 6.17 Å². The first-order valence-electron chi connectivity index (χ1n) is 21.5. The molecule has 1 atom stereocenters. The van der Waals surface area contributed by atoms with Gasteiger partial charge in [-0.2, -0.15) is 0 Å². The summed E-state index contributed by atoms with van der Waals surface area (Å²) in [4.78, 5) is 5.49. The number of para-hydroxylation sites is 1. The van der Waals surface area contributed by atoms with Crippen LogP contribution in [0, 0.1) is 0 Å². The molecule has 0 spiro atoms. The van der Waals surface area contributed by atoms with E-state index in [1.165, 1.54) is 38.6 Å². The van der Waals surface area contributed by atoms with Gasteiger partial charge in [-0.15, -0.1) is 0 Å². The van der Waals surface area contributed by atoms with Crippen molar-refractivity contribution in [1.29, 1.82) is 0 Å². The lowest BCUT2D eigenvalue weighted by molar-refractivity contribution is 0.656. The van der Waals surface area contributed by atoms with Crippen molar-refractivity contribution in [3.05, 3.63) is 235 Å². The SMILES string of the molecule is C/C1=C(/c2ccc(-c3ccc(-c4ccccc4)cc3)cc2)NC(c2ccc(-c3ccc(-c4ccc5ccccc5c4)c4oc5ccccc5c34)cc2)/N=C(/c2ccccc2)CC1. The van der Waals surface area contributed by atoms with Crippen molar-refractivity contribution in [1.82, 2.24) is 5.32 Å². The Hall–Kier alpha value is -7.75. The van der Waals surface area contributed by atoms with Gasteiger partial charge in [-0.1, -0.05) is 194 Å².